The Bertz CT molecular complexity index is 463. The fraction of sp³-hybridized carbons (Fsp3) is 0.111. The Morgan fingerprint density at radius 1 is 1.50 bits per heavy atom. The summed E-state index contributed by atoms with van der Waals surface area (Å²) in [7, 11) is 0. The molecule has 2 aromatic rings. The molecule has 0 aliphatic carbocycles. The van der Waals surface area contributed by atoms with Crippen LogP contribution in [-0.2, 0) is 4.79 Å². The summed E-state index contributed by atoms with van der Waals surface area (Å²) < 4.78 is 1.84. The first kappa shape index (κ1) is 8.55. The van der Waals surface area contributed by atoms with Gasteiger partial charge in [-0.15, -0.1) is 0 Å². The van der Waals surface area contributed by atoms with Crippen molar-refractivity contribution in [2.24, 2.45) is 0 Å². The van der Waals surface area contributed by atoms with Crippen LogP contribution < -0.4 is 10.9 Å². The van der Waals surface area contributed by atoms with Gasteiger partial charge in [0, 0.05) is 13.1 Å². The van der Waals surface area contributed by atoms with E-state index in [1.807, 2.05) is 28.8 Å². The van der Waals surface area contributed by atoms with Crippen molar-refractivity contribution < 1.29 is 4.79 Å². The maximum Gasteiger partial charge on any atom is 0.235 e. The molecule has 5 heteroatoms. The van der Waals surface area contributed by atoms with E-state index in [0.29, 0.717) is 5.95 Å². The third-order valence-corrected chi connectivity index (χ3v) is 1.79. The van der Waals surface area contributed by atoms with Gasteiger partial charge < -0.3 is 0 Å². The van der Waals surface area contributed by atoms with Gasteiger partial charge >= 0.3 is 0 Å². The van der Waals surface area contributed by atoms with Crippen molar-refractivity contribution in [3.63, 3.8) is 0 Å². The summed E-state index contributed by atoms with van der Waals surface area (Å²) in [6, 6.07) is 5.76. The SMILES string of the molecule is CC(=O)NNc1ncc2ccccn12. The molecule has 14 heavy (non-hydrogen) atoms. The van der Waals surface area contributed by atoms with E-state index in [4.69, 9.17) is 0 Å². The quantitative estimate of drug-likeness (QED) is 0.688. The van der Waals surface area contributed by atoms with Crippen molar-refractivity contribution >= 4 is 17.4 Å². The average Bonchev–Trinajstić information content (AvgIpc) is 2.58. The van der Waals surface area contributed by atoms with E-state index in [9.17, 15) is 4.79 Å². The van der Waals surface area contributed by atoms with Crippen LogP contribution in [0.5, 0.6) is 0 Å². The Kier molecular flexibility index (Phi) is 2.06. The van der Waals surface area contributed by atoms with Crippen LogP contribution in [0.1, 0.15) is 6.92 Å². The van der Waals surface area contributed by atoms with Gasteiger partial charge in [-0.3, -0.25) is 20.0 Å². The first-order valence-corrected chi connectivity index (χ1v) is 4.22. The molecule has 72 valence electrons. The minimum atomic E-state index is -0.155. The lowest BCUT2D eigenvalue weighted by atomic mass is 10.4. The van der Waals surface area contributed by atoms with Crippen LogP contribution in [0.2, 0.25) is 0 Å². The molecular formula is C9H10N4O. The summed E-state index contributed by atoms with van der Waals surface area (Å²) in [5.74, 6) is 0.438. The maximum absolute atomic E-state index is 10.7. The normalized spacial score (nSPS) is 10.1. The van der Waals surface area contributed by atoms with Gasteiger partial charge in [-0.25, -0.2) is 4.98 Å². The van der Waals surface area contributed by atoms with E-state index >= 15 is 0 Å². The van der Waals surface area contributed by atoms with Crippen molar-refractivity contribution in [3.05, 3.63) is 30.6 Å². The summed E-state index contributed by atoms with van der Waals surface area (Å²) in [6.45, 7) is 1.43. The lowest BCUT2D eigenvalue weighted by Gasteiger charge is -2.04. The summed E-state index contributed by atoms with van der Waals surface area (Å²) in [6.07, 6.45) is 3.59. The molecule has 0 saturated heterocycles. The number of pyridine rings is 1. The van der Waals surface area contributed by atoms with E-state index in [2.05, 4.69) is 15.8 Å². The zero-order valence-electron chi connectivity index (χ0n) is 7.69. The number of carbonyl (C=O) groups is 1. The highest BCUT2D eigenvalue weighted by Gasteiger charge is 2.00. The number of nitrogens with zero attached hydrogens (tertiary/aromatic N) is 2. The van der Waals surface area contributed by atoms with E-state index in [-0.39, 0.29) is 5.91 Å². The van der Waals surface area contributed by atoms with E-state index in [1.54, 1.807) is 6.20 Å². The first-order chi connectivity index (χ1) is 6.77. The molecule has 1 amide bonds. The standard InChI is InChI=1S/C9H10N4O/c1-7(14)11-12-9-10-6-8-4-2-3-5-13(8)9/h2-6H,1H3,(H,10,12)(H,11,14). The van der Waals surface area contributed by atoms with Crippen LogP contribution in [0.15, 0.2) is 30.6 Å². The van der Waals surface area contributed by atoms with Gasteiger partial charge in [0.1, 0.15) is 0 Å². The predicted molar refractivity (Wildman–Crippen MR) is 52.6 cm³/mol. The topological polar surface area (TPSA) is 58.4 Å². The molecule has 0 atom stereocenters. The molecule has 0 aliphatic rings. The highest BCUT2D eigenvalue weighted by molar-refractivity contribution is 5.74. The number of carbonyl (C=O) groups excluding carboxylic acids is 1. The number of fused-ring (bicyclic) bond motifs is 1. The highest BCUT2D eigenvalue weighted by atomic mass is 16.2. The molecule has 0 aromatic carbocycles. The van der Waals surface area contributed by atoms with E-state index in [1.165, 1.54) is 6.92 Å². The first-order valence-electron chi connectivity index (χ1n) is 4.22. The summed E-state index contributed by atoms with van der Waals surface area (Å²) in [4.78, 5) is 14.8. The molecule has 0 bridgehead atoms. The smallest absolute Gasteiger partial charge is 0.235 e. The van der Waals surface area contributed by atoms with Crippen molar-refractivity contribution in [1.82, 2.24) is 14.8 Å². The zero-order valence-corrected chi connectivity index (χ0v) is 7.69. The number of rotatable bonds is 2. The second-order valence-corrected chi connectivity index (χ2v) is 2.88. The number of nitrogens with one attached hydrogen (secondary N) is 2. The van der Waals surface area contributed by atoms with Gasteiger partial charge in [-0.1, -0.05) is 6.07 Å². The second kappa shape index (κ2) is 3.37. The van der Waals surface area contributed by atoms with Crippen LogP contribution in [0.3, 0.4) is 0 Å². The number of anilines is 1. The Morgan fingerprint density at radius 2 is 2.36 bits per heavy atom. The number of hydrogen-bond donors (Lipinski definition) is 2. The third-order valence-electron chi connectivity index (χ3n) is 1.79. The van der Waals surface area contributed by atoms with Crippen LogP contribution in [0.25, 0.3) is 5.52 Å². The number of hydrogen-bond acceptors (Lipinski definition) is 3. The Balaban J connectivity index is 2.29. The van der Waals surface area contributed by atoms with Crippen molar-refractivity contribution in [3.8, 4) is 0 Å². The fourth-order valence-electron chi connectivity index (χ4n) is 1.18. The Hall–Kier alpha value is -2.04. The van der Waals surface area contributed by atoms with Crippen molar-refractivity contribution in [2.75, 3.05) is 5.43 Å². The maximum atomic E-state index is 10.7. The molecule has 0 fully saturated rings. The molecule has 0 saturated carbocycles. The lowest BCUT2D eigenvalue weighted by Crippen LogP contribution is -2.27. The molecule has 2 rings (SSSR count). The molecule has 2 N–H and O–H groups in total. The average molecular weight is 190 g/mol. The predicted octanol–water partition coefficient (Wildman–Crippen LogP) is 0.797. The molecule has 0 aliphatic heterocycles. The fourth-order valence-corrected chi connectivity index (χ4v) is 1.18. The number of hydrazine groups is 1. The zero-order chi connectivity index (χ0) is 9.97. The van der Waals surface area contributed by atoms with Gasteiger partial charge in [0.25, 0.3) is 0 Å². The van der Waals surface area contributed by atoms with Gasteiger partial charge in [-0.2, -0.15) is 0 Å². The summed E-state index contributed by atoms with van der Waals surface area (Å²) in [5.41, 5.74) is 6.16. The molecule has 2 heterocycles. The third kappa shape index (κ3) is 1.52. The second-order valence-electron chi connectivity index (χ2n) is 2.88. The Labute approximate surface area is 80.7 Å². The van der Waals surface area contributed by atoms with Gasteiger partial charge in [0.05, 0.1) is 11.7 Å². The van der Waals surface area contributed by atoms with Gasteiger partial charge in [-0.05, 0) is 12.1 Å². The van der Waals surface area contributed by atoms with Crippen LogP contribution in [-0.4, -0.2) is 15.3 Å². The van der Waals surface area contributed by atoms with E-state index < -0.39 is 0 Å². The van der Waals surface area contributed by atoms with Crippen molar-refractivity contribution in [1.29, 1.82) is 0 Å². The molecular weight excluding hydrogens is 180 g/mol. The van der Waals surface area contributed by atoms with Gasteiger partial charge in [0.15, 0.2) is 0 Å². The number of imidazole rings is 1. The highest BCUT2D eigenvalue weighted by Crippen LogP contribution is 2.08. The number of amides is 1. The van der Waals surface area contributed by atoms with Crippen LogP contribution >= 0.6 is 0 Å². The van der Waals surface area contributed by atoms with Crippen LogP contribution in [0.4, 0.5) is 5.95 Å². The largest absolute Gasteiger partial charge is 0.285 e. The Morgan fingerprint density at radius 3 is 3.14 bits per heavy atom. The number of aromatic nitrogens is 2. The summed E-state index contributed by atoms with van der Waals surface area (Å²) in [5, 5.41) is 0. The van der Waals surface area contributed by atoms with E-state index in [0.717, 1.165) is 5.52 Å². The molecule has 2 aromatic heterocycles. The van der Waals surface area contributed by atoms with Crippen LogP contribution in [0, 0.1) is 0 Å². The minimum Gasteiger partial charge on any atom is -0.285 e. The monoisotopic (exact) mass is 190 g/mol. The molecule has 0 unspecified atom stereocenters. The lowest BCUT2D eigenvalue weighted by molar-refractivity contribution is -0.118. The van der Waals surface area contributed by atoms with Crippen molar-refractivity contribution in [2.45, 2.75) is 6.92 Å². The van der Waals surface area contributed by atoms with Gasteiger partial charge in [0.2, 0.25) is 11.9 Å². The molecule has 0 radical (unpaired) electrons. The molecule has 0 spiro atoms. The minimum absolute atomic E-state index is 0.155. The molecule has 5 nitrogen and oxygen atoms in total. The summed E-state index contributed by atoms with van der Waals surface area (Å²) >= 11 is 0.